The highest BCUT2D eigenvalue weighted by Crippen LogP contribution is 2.05. The normalized spacial score (nSPS) is 13.2. The van der Waals surface area contributed by atoms with Crippen molar-refractivity contribution in [1.29, 1.82) is 0 Å². The SMILES string of the molecule is CCCC(C)COCCCCN. The molecule has 0 heterocycles. The van der Waals surface area contributed by atoms with Crippen LogP contribution in [0.25, 0.3) is 0 Å². The zero-order valence-electron chi connectivity index (χ0n) is 8.51. The second-order valence-electron chi connectivity index (χ2n) is 3.46. The Morgan fingerprint density at radius 3 is 2.67 bits per heavy atom. The molecule has 1 atom stereocenters. The van der Waals surface area contributed by atoms with Crippen molar-refractivity contribution in [3.63, 3.8) is 0 Å². The third-order valence-electron chi connectivity index (χ3n) is 1.93. The quantitative estimate of drug-likeness (QED) is 0.571. The summed E-state index contributed by atoms with van der Waals surface area (Å²) in [5.41, 5.74) is 5.36. The van der Waals surface area contributed by atoms with Crippen molar-refractivity contribution in [2.75, 3.05) is 19.8 Å². The molecule has 1 unspecified atom stereocenters. The third kappa shape index (κ3) is 8.02. The molecule has 0 saturated carbocycles. The van der Waals surface area contributed by atoms with Gasteiger partial charge in [0.05, 0.1) is 0 Å². The molecule has 0 rings (SSSR count). The average molecular weight is 173 g/mol. The zero-order valence-corrected chi connectivity index (χ0v) is 8.51. The van der Waals surface area contributed by atoms with Gasteiger partial charge in [-0.1, -0.05) is 20.3 Å². The van der Waals surface area contributed by atoms with Gasteiger partial charge in [0.2, 0.25) is 0 Å². The van der Waals surface area contributed by atoms with Crippen LogP contribution in [0.4, 0.5) is 0 Å². The van der Waals surface area contributed by atoms with Crippen molar-refractivity contribution in [2.24, 2.45) is 11.7 Å². The van der Waals surface area contributed by atoms with Crippen molar-refractivity contribution in [3.05, 3.63) is 0 Å². The fourth-order valence-corrected chi connectivity index (χ4v) is 1.21. The molecule has 2 heteroatoms. The van der Waals surface area contributed by atoms with Crippen LogP contribution >= 0.6 is 0 Å². The van der Waals surface area contributed by atoms with E-state index in [1.165, 1.54) is 12.8 Å². The van der Waals surface area contributed by atoms with E-state index < -0.39 is 0 Å². The summed E-state index contributed by atoms with van der Waals surface area (Å²) >= 11 is 0. The van der Waals surface area contributed by atoms with Crippen LogP contribution in [-0.2, 0) is 4.74 Å². The second-order valence-corrected chi connectivity index (χ2v) is 3.46. The third-order valence-corrected chi connectivity index (χ3v) is 1.93. The molecule has 2 nitrogen and oxygen atoms in total. The number of hydrogen-bond donors (Lipinski definition) is 1. The fourth-order valence-electron chi connectivity index (χ4n) is 1.21. The Bertz CT molecular complexity index is 85.9. The van der Waals surface area contributed by atoms with E-state index in [1.54, 1.807) is 0 Å². The minimum atomic E-state index is 0.716. The van der Waals surface area contributed by atoms with E-state index in [-0.39, 0.29) is 0 Å². The Morgan fingerprint density at radius 2 is 2.08 bits per heavy atom. The molecule has 0 fully saturated rings. The van der Waals surface area contributed by atoms with Crippen molar-refractivity contribution in [2.45, 2.75) is 39.5 Å². The van der Waals surface area contributed by atoms with Gasteiger partial charge >= 0.3 is 0 Å². The van der Waals surface area contributed by atoms with Crippen LogP contribution in [0, 0.1) is 5.92 Å². The van der Waals surface area contributed by atoms with Crippen LogP contribution in [0.5, 0.6) is 0 Å². The highest BCUT2D eigenvalue weighted by atomic mass is 16.5. The molecule has 0 aromatic rings. The van der Waals surface area contributed by atoms with Crippen molar-refractivity contribution in [3.8, 4) is 0 Å². The number of rotatable bonds is 8. The van der Waals surface area contributed by atoms with Crippen LogP contribution < -0.4 is 5.73 Å². The summed E-state index contributed by atoms with van der Waals surface area (Å²) < 4.78 is 5.49. The minimum Gasteiger partial charge on any atom is -0.381 e. The van der Waals surface area contributed by atoms with E-state index >= 15 is 0 Å². The lowest BCUT2D eigenvalue weighted by Crippen LogP contribution is -2.07. The van der Waals surface area contributed by atoms with Crippen LogP contribution in [0.2, 0.25) is 0 Å². The van der Waals surface area contributed by atoms with E-state index in [0.717, 1.165) is 32.6 Å². The van der Waals surface area contributed by atoms with E-state index in [0.29, 0.717) is 5.92 Å². The van der Waals surface area contributed by atoms with Gasteiger partial charge in [0, 0.05) is 13.2 Å². The van der Waals surface area contributed by atoms with E-state index in [1.807, 2.05) is 0 Å². The average Bonchev–Trinajstić information content (AvgIpc) is 2.05. The van der Waals surface area contributed by atoms with Gasteiger partial charge < -0.3 is 10.5 Å². The van der Waals surface area contributed by atoms with Gasteiger partial charge in [-0.2, -0.15) is 0 Å². The molecule has 2 N–H and O–H groups in total. The first kappa shape index (κ1) is 11.9. The topological polar surface area (TPSA) is 35.2 Å². The summed E-state index contributed by atoms with van der Waals surface area (Å²) in [7, 11) is 0. The molecule has 0 aromatic heterocycles. The van der Waals surface area contributed by atoms with Gasteiger partial charge in [0.1, 0.15) is 0 Å². The smallest absolute Gasteiger partial charge is 0.0491 e. The molecule has 12 heavy (non-hydrogen) atoms. The van der Waals surface area contributed by atoms with E-state index in [4.69, 9.17) is 10.5 Å². The summed E-state index contributed by atoms with van der Waals surface area (Å²) in [6.07, 6.45) is 4.72. The standard InChI is InChI=1S/C10H23NO/c1-3-6-10(2)9-12-8-5-4-7-11/h10H,3-9,11H2,1-2H3. The molecule has 0 aliphatic heterocycles. The maximum absolute atomic E-state index is 5.49. The molecule has 0 bridgehead atoms. The van der Waals surface area contributed by atoms with Crippen LogP contribution in [0.1, 0.15) is 39.5 Å². The monoisotopic (exact) mass is 173 g/mol. The predicted octanol–water partition coefficient (Wildman–Crippen LogP) is 2.18. The summed E-state index contributed by atoms with van der Waals surface area (Å²) in [5.74, 6) is 0.716. The molecule has 0 saturated heterocycles. The molecular formula is C10H23NO. The first-order chi connectivity index (χ1) is 5.81. The molecular weight excluding hydrogens is 150 g/mol. The van der Waals surface area contributed by atoms with Gasteiger partial charge in [-0.3, -0.25) is 0 Å². The fraction of sp³-hybridized carbons (Fsp3) is 1.00. The van der Waals surface area contributed by atoms with Gasteiger partial charge in [-0.25, -0.2) is 0 Å². The molecule has 0 aliphatic rings. The Balaban J connectivity index is 2.97. The molecule has 74 valence electrons. The van der Waals surface area contributed by atoms with Crippen molar-refractivity contribution in [1.82, 2.24) is 0 Å². The number of nitrogens with two attached hydrogens (primary N) is 1. The van der Waals surface area contributed by atoms with Gasteiger partial charge in [-0.05, 0) is 31.7 Å². The van der Waals surface area contributed by atoms with Gasteiger partial charge in [0.25, 0.3) is 0 Å². The van der Waals surface area contributed by atoms with E-state index in [9.17, 15) is 0 Å². The molecule has 0 spiro atoms. The Hall–Kier alpha value is -0.0800. The minimum absolute atomic E-state index is 0.716. The van der Waals surface area contributed by atoms with Gasteiger partial charge in [0.15, 0.2) is 0 Å². The lowest BCUT2D eigenvalue weighted by Gasteiger charge is -2.10. The molecule has 0 aliphatic carbocycles. The molecule has 0 radical (unpaired) electrons. The Kier molecular flexibility index (Phi) is 8.95. The van der Waals surface area contributed by atoms with Crippen LogP contribution in [0.3, 0.4) is 0 Å². The Labute approximate surface area is 76.5 Å². The zero-order chi connectivity index (χ0) is 9.23. The van der Waals surface area contributed by atoms with Crippen LogP contribution in [-0.4, -0.2) is 19.8 Å². The maximum Gasteiger partial charge on any atom is 0.0491 e. The summed E-state index contributed by atoms with van der Waals surface area (Å²) in [4.78, 5) is 0. The lowest BCUT2D eigenvalue weighted by molar-refractivity contribution is 0.0990. The maximum atomic E-state index is 5.49. The summed E-state index contributed by atoms with van der Waals surface area (Å²) in [5, 5.41) is 0. The van der Waals surface area contributed by atoms with E-state index in [2.05, 4.69) is 13.8 Å². The second kappa shape index (κ2) is 9.01. The largest absolute Gasteiger partial charge is 0.381 e. The highest BCUT2D eigenvalue weighted by Gasteiger charge is 1.99. The predicted molar refractivity (Wildman–Crippen MR) is 53.2 cm³/mol. The highest BCUT2D eigenvalue weighted by molar-refractivity contribution is 4.49. The summed E-state index contributed by atoms with van der Waals surface area (Å²) in [6, 6.07) is 0. The number of unbranched alkanes of at least 4 members (excludes halogenated alkanes) is 1. The first-order valence-corrected chi connectivity index (χ1v) is 5.09. The molecule has 0 aromatic carbocycles. The van der Waals surface area contributed by atoms with Crippen molar-refractivity contribution < 1.29 is 4.74 Å². The Morgan fingerprint density at radius 1 is 1.33 bits per heavy atom. The molecule has 0 amide bonds. The first-order valence-electron chi connectivity index (χ1n) is 5.09. The van der Waals surface area contributed by atoms with Crippen LogP contribution in [0.15, 0.2) is 0 Å². The summed E-state index contributed by atoms with van der Waals surface area (Å²) in [6.45, 7) is 7.04. The number of hydrogen-bond acceptors (Lipinski definition) is 2. The van der Waals surface area contributed by atoms with Gasteiger partial charge in [-0.15, -0.1) is 0 Å². The lowest BCUT2D eigenvalue weighted by atomic mass is 10.1. The van der Waals surface area contributed by atoms with Crippen molar-refractivity contribution >= 4 is 0 Å². The number of ether oxygens (including phenoxy) is 1.